The highest BCUT2D eigenvalue weighted by molar-refractivity contribution is 7.16. The third-order valence-electron chi connectivity index (χ3n) is 2.31. The molecule has 0 saturated carbocycles. The first-order valence-electron chi connectivity index (χ1n) is 5.20. The summed E-state index contributed by atoms with van der Waals surface area (Å²) in [5.74, 6) is 1.58. The summed E-state index contributed by atoms with van der Waals surface area (Å²) in [6, 6.07) is 5.96. The van der Waals surface area contributed by atoms with E-state index in [9.17, 15) is 0 Å². The molecule has 0 aliphatic carbocycles. The molecule has 17 heavy (non-hydrogen) atoms. The molecule has 0 bridgehead atoms. The molecule has 0 aliphatic heterocycles. The maximum atomic E-state index is 5.91. The van der Waals surface area contributed by atoms with Gasteiger partial charge in [0.15, 0.2) is 0 Å². The highest BCUT2D eigenvalue weighted by atomic mass is 35.5. The summed E-state index contributed by atoms with van der Waals surface area (Å²) in [6.45, 7) is 2.07. The largest absolute Gasteiger partial charge is 0.373 e. The van der Waals surface area contributed by atoms with E-state index >= 15 is 0 Å². The second-order valence-electron chi connectivity index (χ2n) is 3.55. The van der Waals surface area contributed by atoms with E-state index in [2.05, 4.69) is 27.5 Å². The summed E-state index contributed by atoms with van der Waals surface area (Å²) in [6.07, 6.45) is 1.53. The summed E-state index contributed by atoms with van der Waals surface area (Å²) in [4.78, 5) is 9.41. The number of halogens is 1. The quantitative estimate of drug-likeness (QED) is 0.892. The fourth-order valence-electron chi connectivity index (χ4n) is 1.43. The minimum Gasteiger partial charge on any atom is -0.373 e. The molecular weight excluding hydrogens is 256 g/mol. The number of nitrogens with zero attached hydrogens (tertiary/aromatic N) is 2. The molecular formula is C11H13ClN4S. The van der Waals surface area contributed by atoms with Gasteiger partial charge in [-0.25, -0.2) is 9.97 Å². The van der Waals surface area contributed by atoms with Crippen LogP contribution in [0.5, 0.6) is 0 Å². The fraction of sp³-hybridized carbons (Fsp3) is 0.273. The molecule has 2 aromatic rings. The van der Waals surface area contributed by atoms with Crippen molar-refractivity contribution in [3.8, 4) is 0 Å². The molecule has 2 N–H and O–H groups in total. The zero-order chi connectivity index (χ0) is 12.3. The summed E-state index contributed by atoms with van der Waals surface area (Å²) in [5, 5.41) is 6.28. The van der Waals surface area contributed by atoms with Crippen molar-refractivity contribution in [3.63, 3.8) is 0 Å². The minimum absolute atomic E-state index is 0.173. The number of nitrogens with one attached hydrogen (secondary N) is 2. The lowest BCUT2D eigenvalue weighted by Crippen LogP contribution is -2.07. The smallest absolute Gasteiger partial charge is 0.131 e. The van der Waals surface area contributed by atoms with Crippen LogP contribution >= 0.6 is 22.9 Å². The molecule has 0 amide bonds. The summed E-state index contributed by atoms with van der Waals surface area (Å²) < 4.78 is 0.798. The van der Waals surface area contributed by atoms with Crippen molar-refractivity contribution < 1.29 is 0 Å². The van der Waals surface area contributed by atoms with Gasteiger partial charge < -0.3 is 10.6 Å². The van der Waals surface area contributed by atoms with Gasteiger partial charge in [0, 0.05) is 18.0 Å². The maximum Gasteiger partial charge on any atom is 0.131 e. The van der Waals surface area contributed by atoms with Crippen molar-refractivity contribution in [1.82, 2.24) is 9.97 Å². The second-order valence-corrected chi connectivity index (χ2v) is 5.29. The van der Waals surface area contributed by atoms with Gasteiger partial charge in [0.1, 0.15) is 18.0 Å². The Morgan fingerprint density at radius 2 is 2.06 bits per heavy atom. The lowest BCUT2D eigenvalue weighted by Gasteiger charge is -2.13. The Morgan fingerprint density at radius 3 is 2.71 bits per heavy atom. The van der Waals surface area contributed by atoms with E-state index in [1.54, 1.807) is 11.3 Å². The molecule has 1 unspecified atom stereocenters. The van der Waals surface area contributed by atoms with Crippen LogP contribution in [-0.4, -0.2) is 17.0 Å². The predicted molar refractivity (Wildman–Crippen MR) is 72.9 cm³/mol. The molecule has 0 fully saturated rings. The van der Waals surface area contributed by atoms with Crippen molar-refractivity contribution in [2.45, 2.75) is 13.0 Å². The van der Waals surface area contributed by atoms with Crippen LogP contribution in [0.4, 0.5) is 11.6 Å². The monoisotopic (exact) mass is 268 g/mol. The van der Waals surface area contributed by atoms with Crippen LogP contribution in [0, 0.1) is 0 Å². The minimum atomic E-state index is 0.173. The Morgan fingerprint density at radius 1 is 1.29 bits per heavy atom. The van der Waals surface area contributed by atoms with Crippen molar-refractivity contribution in [2.75, 3.05) is 17.7 Å². The Hall–Kier alpha value is -1.33. The van der Waals surface area contributed by atoms with Gasteiger partial charge in [-0.15, -0.1) is 11.3 Å². The van der Waals surface area contributed by atoms with Crippen LogP contribution < -0.4 is 10.6 Å². The van der Waals surface area contributed by atoms with Crippen LogP contribution in [0.2, 0.25) is 4.34 Å². The predicted octanol–water partition coefficient (Wildman–Crippen LogP) is 3.41. The molecule has 0 spiro atoms. The summed E-state index contributed by atoms with van der Waals surface area (Å²) >= 11 is 7.48. The van der Waals surface area contributed by atoms with Crippen molar-refractivity contribution >= 4 is 34.6 Å². The summed E-state index contributed by atoms with van der Waals surface area (Å²) in [5.41, 5.74) is 0. The first kappa shape index (κ1) is 12.1. The first-order chi connectivity index (χ1) is 8.19. The zero-order valence-electron chi connectivity index (χ0n) is 9.57. The molecule has 0 saturated heterocycles. The molecule has 6 heteroatoms. The van der Waals surface area contributed by atoms with Crippen molar-refractivity contribution in [3.05, 3.63) is 33.7 Å². The molecule has 90 valence electrons. The van der Waals surface area contributed by atoms with E-state index in [4.69, 9.17) is 11.6 Å². The molecule has 1 atom stereocenters. The highest BCUT2D eigenvalue weighted by Gasteiger charge is 2.08. The van der Waals surface area contributed by atoms with Gasteiger partial charge in [-0.05, 0) is 19.1 Å². The van der Waals surface area contributed by atoms with Crippen LogP contribution in [0.15, 0.2) is 24.5 Å². The van der Waals surface area contributed by atoms with Gasteiger partial charge in [0.05, 0.1) is 10.4 Å². The van der Waals surface area contributed by atoms with E-state index in [0.717, 1.165) is 16.0 Å². The average Bonchev–Trinajstić information content (AvgIpc) is 2.76. The van der Waals surface area contributed by atoms with Gasteiger partial charge in [-0.3, -0.25) is 0 Å². The van der Waals surface area contributed by atoms with E-state index in [1.165, 1.54) is 11.2 Å². The Kier molecular flexibility index (Phi) is 3.81. The second kappa shape index (κ2) is 5.33. The molecule has 2 aromatic heterocycles. The van der Waals surface area contributed by atoms with Crippen molar-refractivity contribution in [1.29, 1.82) is 0 Å². The third-order valence-corrected chi connectivity index (χ3v) is 3.72. The standard InChI is InChI=1S/C11H13ClN4S/c1-7(8-3-4-9(12)17-8)16-11-5-10(13-2)14-6-15-11/h3-7H,1-2H3,(H2,13,14,15,16). The topological polar surface area (TPSA) is 49.8 Å². The lowest BCUT2D eigenvalue weighted by molar-refractivity contribution is 0.893. The van der Waals surface area contributed by atoms with Gasteiger partial charge in [0.25, 0.3) is 0 Å². The fourth-order valence-corrected chi connectivity index (χ4v) is 2.49. The van der Waals surface area contributed by atoms with E-state index in [0.29, 0.717) is 0 Å². The van der Waals surface area contributed by atoms with Gasteiger partial charge in [0.2, 0.25) is 0 Å². The molecule has 4 nitrogen and oxygen atoms in total. The number of hydrogen-bond donors (Lipinski definition) is 2. The Balaban J connectivity index is 2.09. The Bertz CT molecular complexity index is 500. The van der Waals surface area contributed by atoms with E-state index in [-0.39, 0.29) is 6.04 Å². The maximum absolute atomic E-state index is 5.91. The lowest BCUT2D eigenvalue weighted by atomic mass is 10.3. The number of rotatable bonds is 4. The van der Waals surface area contributed by atoms with E-state index < -0.39 is 0 Å². The number of hydrogen-bond acceptors (Lipinski definition) is 5. The van der Waals surface area contributed by atoms with Crippen LogP contribution in [0.3, 0.4) is 0 Å². The van der Waals surface area contributed by atoms with Crippen molar-refractivity contribution in [2.24, 2.45) is 0 Å². The van der Waals surface area contributed by atoms with E-state index in [1.807, 2.05) is 25.2 Å². The SMILES string of the molecule is CNc1cc(NC(C)c2ccc(Cl)s2)ncn1. The van der Waals surface area contributed by atoms with Crippen LogP contribution in [0.1, 0.15) is 17.8 Å². The Labute approximate surface area is 109 Å². The number of anilines is 2. The first-order valence-corrected chi connectivity index (χ1v) is 6.40. The molecule has 2 rings (SSSR count). The average molecular weight is 269 g/mol. The third kappa shape index (κ3) is 3.08. The molecule has 0 radical (unpaired) electrons. The normalized spacial score (nSPS) is 12.2. The summed E-state index contributed by atoms with van der Waals surface area (Å²) in [7, 11) is 1.83. The highest BCUT2D eigenvalue weighted by Crippen LogP contribution is 2.28. The number of thiophene rings is 1. The van der Waals surface area contributed by atoms with Gasteiger partial charge in [-0.1, -0.05) is 11.6 Å². The van der Waals surface area contributed by atoms with Crippen LogP contribution in [-0.2, 0) is 0 Å². The van der Waals surface area contributed by atoms with Gasteiger partial charge >= 0.3 is 0 Å². The van der Waals surface area contributed by atoms with Gasteiger partial charge in [-0.2, -0.15) is 0 Å². The molecule has 2 heterocycles. The number of aromatic nitrogens is 2. The zero-order valence-corrected chi connectivity index (χ0v) is 11.1. The molecule has 0 aromatic carbocycles. The van der Waals surface area contributed by atoms with Crippen LogP contribution in [0.25, 0.3) is 0 Å². The molecule has 0 aliphatic rings.